The molecule has 4 heteroatoms. The number of carbonyl (C=O) groups is 1. The molecule has 0 radical (unpaired) electrons. The van der Waals surface area contributed by atoms with E-state index in [1.165, 1.54) is 0 Å². The second kappa shape index (κ2) is 7.14. The summed E-state index contributed by atoms with van der Waals surface area (Å²) in [4.78, 5) is 11.2. The first kappa shape index (κ1) is 18.5. The van der Waals surface area contributed by atoms with Crippen molar-refractivity contribution in [3.63, 3.8) is 0 Å². The van der Waals surface area contributed by atoms with Crippen molar-refractivity contribution in [3.05, 3.63) is 29.3 Å². The first-order valence-electron chi connectivity index (χ1n) is 7.87. The van der Waals surface area contributed by atoms with Crippen molar-refractivity contribution in [2.75, 3.05) is 0 Å². The SMILES string of the molecule is CC(C)(C)CC(C)(C)c1cc(CCCC(=O)NN)ccc1O. The molecular formula is C18H30N2O2. The van der Waals surface area contributed by atoms with Crippen LogP contribution in [0.5, 0.6) is 5.75 Å². The molecule has 22 heavy (non-hydrogen) atoms. The Hall–Kier alpha value is -1.55. The van der Waals surface area contributed by atoms with Crippen LogP contribution in [0.25, 0.3) is 0 Å². The molecule has 0 fully saturated rings. The van der Waals surface area contributed by atoms with Crippen LogP contribution in [0.1, 0.15) is 65.0 Å². The molecule has 0 atom stereocenters. The lowest BCUT2D eigenvalue weighted by Gasteiger charge is -2.33. The highest BCUT2D eigenvalue weighted by Gasteiger charge is 2.29. The zero-order valence-corrected chi connectivity index (χ0v) is 14.5. The number of phenolic OH excluding ortho intramolecular Hbond substituents is 1. The summed E-state index contributed by atoms with van der Waals surface area (Å²) in [6, 6.07) is 5.76. The first-order valence-corrected chi connectivity index (χ1v) is 7.87. The maximum absolute atomic E-state index is 11.2. The van der Waals surface area contributed by atoms with Crippen molar-refractivity contribution >= 4 is 5.91 Å². The van der Waals surface area contributed by atoms with Crippen molar-refractivity contribution < 1.29 is 9.90 Å². The summed E-state index contributed by atoms with van der Waals surface area (Å²) < 4.78 is 0. The van der Waals surface area contributed by atoms with Gasteiger partial charge in [-0.1, -0.05) is 46.8 Å². The second-order valence-electron chi connectivity index (χ2n) is 7.89. The Labute approximate surface area is 134 Å². The Kier molecular flexibility index (Phi) is 6.00. The summed E-state index contributed by atoms with van der Waals surface area (Å²) in [7, 11) is 0. The zero-order valence-electron chi connectivity index (χ0n) is 14.5. The van der Waals surface area contributed by atoms with Crippen molar-refractivity contribution in [1.29, 1.82) is 0 Å². The van der Waals surface area contributed by atoms with E-state index in [1.54, 1.807) is 6.07 Å². The maximum atomic E-state index is 11.2. The minimum absolute atomic E-state index is 0.104. The minimum atomic E-state index is -0.146. The molecule has 1 aromatic carbocycles. The molecule has 0 unspecified atom stereocenters. The number of carbonyl (C=O) groups excluding carboxylic acids is 1. The van der Waals surface area contributed by atoms with Gasteiger partial charge in [0.1, 0.15) is 5.75 Å². The standard InChI is InChI=1S/C18H30N2O2/c1-17(2,3)12-18(4,5)14-11-13(9-10-15(14)21)7-6-8-16(22)20-19/h9-11,21H,6-8,12,19H2,1-5H3,(H,20,22). The minimum Gasteiger partial charge on any atom is -0.508 e. The van der Waals surface area contributed by atoms with Crippen LogP contribution in [0, 0.1) is 5.41 Å². The van der Waals surface area contributed by atoms with Crippen LogP contribution >= 0.6 is 0 Å². The third kappa shape index (κ3) is 5.68. The summed E-state index contributed by atoms with van der Waals surface area (Å²) in [5, 5.41) is 10.2. The van der Waals surface area contributed by atoms with Gasteiger partial charge in [0.25, 0.3) is 0 Å². The van der Waals surface area contributed by atoms with E-state index in [0.717, 1.165) is 30.4 Å². The van der Waals surface area contributed by atoms with Gasteiger partial charge in [-0.25, -0.2) is 5.84 Å². The van der Waals surface area contributed by atoms with E-state index >= 15 is 0 Å². The summed E-state index contributed by atoms with van der Waals surface area (Å²) in [6.07, 6.45) is 2.93. The summed E-state index contributed by atoms with van der Waals surface area (Å²) in [6.45, 7) is 11.0. The summed E-state index contributed by atoms with van der Waals surface area (Å²) in [5.41, 5.74) is 4.34. The Morgan fingerprint density at radius 3 is 2.41 bits per heavy atom. The maximum Gasteiger partial charge on any atom is 0.233 e. The normalized spacial score (nSPS) is 12.3. The topological polar surface area (TPSA) is 75.4 Å². The van der Waals surface area contributed by atoms with Gasteiger partial charge in [0, 0.05) is 6.42 Å². The number of phenols is 1. The van der Waals surface area contributed by atoms with Crippen molar-refractivity contribution in [2.24, 2.45) is 11.3 Å². The Morgan fingerprint density at radius 2 is 1.86 bits per heavy atom. The number of hydrogen-bond donors (Lipinski definition) is 3. The van der Waals surface area contributed by atoms with E-state index in [4.69, 9.17) is 5.84 Å². The summed E-state index contributed by atoms with van der Waals surface area (Å²) >= 11 is 0. The zero-order chi connectivity index (χ0) is 17.0. The predicted molar refractivity (Wildman–Crippen MR) is 90.5 cm³/mol. The fourth-order valence-electron chi connectivity index (χ4n) is 3.23. The lowest BCUT2D eigenvalue weighted by atomic mass is 9.71. The van der Waals surface area contributed by atoms with Crippen LogP contribution in [0.3, 0.4) is 0 Å². The first-order chi connectivity index (χ1) is 10.0. The number of hydrogen-bond acceptors (Lipinski definition) is 3. The highest BCUT2D eigenvalue weighted by Crippen LogP contribution is 2.40. The number of hydrazine groups is 1. The molecule has 0 aliphatic carbocycles. The number of amides is 1. The van der Waals surface area contributed by atoms with Crippen molar-refractivity contribution in [2.45, 2.75) is 65.7 Å². The third-order valence-corrected chi connectivity index (χ3v) is 3.79. The molecular weight excluding hydrogens is 276 g/mol. The van der Waals surface area contributed by atoms with Crippen LogP contribution in [0.4, 0.5) is 0 Å². The molecule has 124 valence electrons. The third-order valence-electron chi connectivity index (χ3n) is 3.79. The molecule has 4 N–H and O–H groups in total. The second-order valence-corrected chi connectivity index (χ2v) is 7.89. The number of nitrogens with one attached hydrogen (secondary N) is 1. The molecule has 0 saturated heterocycles. The molecule has 0 bridgehead atoms. The predicted octanol–water partition coefficient (Wildman–Crippen LogP) is 3.42. The highest BCUT2D eigenvalue weighted by atomic mass is 16.3. The van der Waals surface area contributed by atoms with Gasteiger partial charge in [-0.2, -0.15) is 0 Å². The lowest BCUT2D eigenvalue weighted by Crippen LogP contribution is -2.29. The van der Waals surface area contributed by atoms with Crippen molar-refractivity contribution in [1.82, 2.24) is 5.43 Å². The molecule has 0 spiro atoms. The number of benzene rings is 1. The molecule has 1 amide bonds. The van der Waals surface area contributed by atoms with Gasteiger partial charge >= 0.3 is 0 Å². The molecule has 0 aliphatic heterocycles. The quantitative estimate of drug-likeness (QED) is 0.428. The number of aromatic hydroxyl groups is 1. The van der Waals surface area contributed by atoms with E-state index < -0.39 is 0 Å². The van der Waals surface area contributed by atoms with Crippen molar-refractivity contribution in [3.8, 4) is 5.75 Å². The van der Waals surface area contributed by atoms with Crippen LogP contribution in [0.2, 0.25) is 0 Å². The van der Waals surface area contributed by atoms with E-state index in [0.29, 0.717) is 12.2 Å². The van der Waals surface area contributed by atoms with Crippen LogP contribution in [0.15, 0.2) is 18.2 Å². The van der Waals surface area contributed by atoms with Crippen LogP contribution < -0.4 is 11.3 Å². The van der Waals surface area contributed by atoms with E-state index in [9.17, 15) is 9.90 Å². The van der Waals surface area contributed by atoms with Gasteiger partial charge < -0.3 is 5.11 Å². The average molecular weight is 306 g/mol. The molecule has 1 aromatic rings. The molecule has 0 aromatic heterocycles. The fourth-order valence-corrected chi connectivity index (χ4v) is 3.23. The van der Waals surface area contributed by atoms with Gasteiger partial charge in [-0.05, 0) is 47.3 Å². The Morgan fingerprint density at radius 1 is 1.23 bits per heavy atom. The van der Waals surface area contributed by atoms with E-state index in [-0.39, 0.29) is 16.7 Å². The fraction of sp³-hybridized carbons (Fsp3) is 0.611. The van der Waals surface area contributed by atoms with E-state index in [2.05, 4.69) is 46.1 Å². The monoisotopic (exact) mass is 306 g/mol. The van der Waals surface area contributed by atoms with Crippen LogP contribution in [-0.4, -0.2) is 11.0 Å². The van der Waals surface area contributed by atoms with Gasteiger partial charge in [0.15, 0.2) is 0 Å². The Balaban J connectivity index is 2.87. The number of nitrogens with two attached hydrogens (primary N) is 1. The number of aryl methyl sites for hydroxylation is 1. The van der Waals surface area contributed by atoms with Gasteiger partial charge in [0.2, 0.25) is 5.91 Å². The lowest BCUT2D eigenvalue weighted by molar-refractivity contribution is -0.121. The molecule has 0 aliphatic rings. The van der Waals surface area contributed by atoms with Crippen LogP contribution in [-0.2, 0) is 16.6 Å². The highest BCUT2D eigenvalue weighted by molar-refractivity contribution is 5.75. The average Bonchev–Trinajstić information content (AvgIpc) is 2.37. The van der Waals surface area contributed by atoms with E-state index in [1.807, 2.05) is 6.07 Å². The summed E-state index contributed by atoms with van der Waals surface area (Å²) in [5.74, 6) is 5.28. The van der Waals surface area contributed by atoms with Gasteiger partial charge in [-0.15, -0.1) is 0 Å². The molecule has 1 rings (SSSR count). The largest absolute Gasteiger partial charge is 0.508 e. The van der Waals surface area contributed by atoms with Gasteiger partial charge in [0.05, 0.1) is 0 Å². The van der Waals surface area contributed by atoms with Gasteiger partial charge in [-0.3, -0.25) is 10.2 Å². The number of rotatable bonds is 6. The Bertz CT molecular complexity index is 516. The molecule has 4 nitrogen and oxygen atoms in total. The smallest absolute Gasteiger partial charge is 0.233 e. The molecule has 0 heterocycles. The molecule has 0 saturated carbocycles.